The molecule has 0 spiro atoms. The first-order chi connectivity index (χ1) is 18.2. The molecule has 1 aliphatic heterocycles. The van der Waals surface area contributed by atoms with E-state index >= 15 is 0 Å². The largest absolute Gasteiger partial charge is 0.492 e. The van der Waals surface area contributed by atoms with Gasteiger partial charge < -0.3 is 31.7 Å². The Bertz CT molecular complexity index is 1110. The quantitative estimate of drug-likeness (QED) is 0.397. The summed E-state index contributed by atoms with van der Waals surface area (Å²) in [5.41, 5.74) is 6.06. The minimum Gasteiger partial charge on any atom is -0.492 e. The summed E-state index contributed by atoms with van der Waals surface area (Å²) in [6, 6.07) is 10.2. The smallest absolute Gasteiger partial charge is 0.416 e. The molecule has 12 heteroatoms. The van der Waals surface area contributed by atoms with E-state index in [9.17, 15) is 27.6 Å². The first kappa shape index (κ1) is 28.9. The van der Waals surface area contributed by atoms with Crippen LogP contribution >= 0.6 is 0 Å². The lowest BCUT2D eigenvalue weighted by atomic mass is 10.0. The molecule has 2 aromatic carbocycles. The van der Waals surface area contributed by atoms with E-state index < -0.39 is 48.1 Å². The van der Waals surface area contributed by atoms with Gasteiger partial charge in [-0.25, -0.2) is 0 Å². The Hall–Kier alpha value is -3.64. The van der Waals surface area contributed by atoms with E-state index in [0.29, 0.717) is 30.7 Å². The summed E-state index contributed by atoms with van der Waals surface area (Å²) in [5.74, 6) is -0.998. The lowest BCUT2D eigenvalue weighted by Gasteiger charge is -2.21. The fourth-order valence-electron chi connectivity index (χ4n) is 3.99. The number of aryl methyl sites for hydroxylation is 1. The number of hydrogen-bond donors (Lipinski definition) is 5. The molecule has 1 aliphatic rings. The van der Waals surface area contributed by atoms with Crippen LogP contribution in [0, 0.1) is 0 Å². The Morgan fingerprint density at radius 1 is 0.947 bits per heavy atom. The monoisotopic (exact) mass is 535 g/mol. The summed E-state index contributed by atoms with van der Waals surface area (Å²) in [7, 11) is 0. The highest BCUT2D eigenvalue weighted by Crippen LogP contribution is 2.29. The molecule has 1 heterocycles. The normalized spacial score (nSPS) is 20.6. The zero-order valence-electron chi connectivity index (χ0n) is 20.8. The van der Waals surface area contributed by atoms with Gasteiger partial charge in [0, 0.05) is 19.6 Å². The predicted octanol–water partition coefficient (Wildman–Crippen LogP) is 0.907. The van der Waals surface area contributed by atoms with E-state index in [1.54, 1.807) is 0 Å². The van der Waals surface area contributed by atoms with Crippen LogP contribution in [0.2, 0.25) is 0 Å². The summed E-state index contributed by atoms with van der Waals surface area (Å²) in [6.07, 6.45) is -3.31. The Morgan fingerprint density at radius 2 is 1.71 bits per heavy atom. The highest BCUT2D eigenvalue weighted by molar-refractivity contribution is 5.91. The van der Waals surface area contributed by atoms with Crippen molar-refractivity contribution >= 4 is 17.7 Å². The van der Waals surface area contributed by atoms with Gasteiger partial charge in [0.05, 0.1) is 18.2 Å². The Morgan fingerprint density at radius 3 is 2.47 bits per heavy atom. The molecule has 206 valence electrons. The average Bonchev–Trinajstić information content (AvgIpc) is 2.89. The zero-order valence-corrected chi connectivity index (χ0v) is 20.8. The van der Waals surface area contributed by atoms with Crippen LogP contribution in [0.5, 0.6) is 5.75 Å². The van der Waals surface area contributed by atoms with Crippen molar-refractivity contribution in [3.05, 3.63) is 65.2 Å². The van der Waals surface area contributed by atoms with Gasteiger partial charge in [-0.05, 0) is 42.5 Å². The van der Waals surface area contributed by atoms with E-state index in [1.165, 1.54) is 12.1 Å². The van der Waals surface area contributed by atoms with E-state index in [4.69, 9.17) is 10.5 Å². The van der Waals surface area contributed by atoms with Gasteiger partial charge in [0.1, 0.15) is 18.4 Å². The Kier molecular flexibility index (Phi) is 10.5. The third-order valence-electron chi connectivity index (χ3n) is 5.97. The highest BCUT2D eigenvalue weighted by atomic mass is 19.4. The topological polar surface area (TPSA) is 135 Å². The Labute approximate surface area is 218 Å². The van der Waals surface area contributed by atoms with Crippen molar-refractivity contribution in [1.29, 1.82) is 0 Å². The predicted molar refractivity (Wildman–Crippen MR) is 134 cm³/mol. The van der Waals surface area contributed by atoms with Gasteiger partial charge in [-0.2, -0.15) is 13.2 Å². The molecule has 0 aliphatic carbocycles. The molecule has 0 bridgehead atoms. The van der Waals surface area contributed by atoms with Crippen LogP contribution in [-0.2, 0) is 33.4 Å². The van der Waals surface area contributed by atoms with Gasteiger partial charge >= 0.3 is 6.18 Å². The molecule has 1 unspecified atom stereocenters. The van der Waals surface area contributed by atoms with Crippen LogP contribution in [-0.4, -0.2) is 62.6 Å². The maximum atomic E-state index is 13.2. The number of amides is 3. The molecule has 2 aromatic rings. The van der Waals surface area contributed by atoms with Gasteiger partial charge in [-0.1, -0.05) is 36.4 Å². The fraction of sp³-hybridized carbons (Fsp3) is 0.423. The van der Waals surface area contributed by atoms with E-state index in [-0.39, 0.29) is 26.1 Å². The second kappa shape index (κ2) is 13.8. The van der Waals surface area contributed by atoms with E-state index in [0.717, 1.165) is 17.7 Å². The molecule has 2 atom stereocenters. The zero-order chi connectivity index (χ0) is 27.5. The number of nitrogens with two attached hydrogens (primary N) is 1. The van der Waals surface area contributed by atoms with Crippen molar-refractivity contribution in [3.8, 4) is 5.75 Å². The SMILES string of the molecule is NCC1NC(=O)CNC(=O)[C@@H](Cc2cccc(C(F)(F)F)c2)NCCOc2ccccc2CCCNC1=O. The van der Waals surface area contributed by atoms with Crippen molar-refractivity contribution in [3.63, 3.8) is 0 Å². The lowest BCUT2D eigenvalue weighted by molar-refractivity contribution is -0.137. The van der Waals surface area contributed by atoms with Crippen molar-refractivity contribution in [2.75, 3.05) is 32.8 Å². The van der Waals surface area contributed by atoms with Crippen LogP contribution in [0.3, 0.4) is 0 Å². The summed E-state index contributed by atoms with van der Waals surface area (Å²) in [6.45, 7) is 0.214. The minimum atomic E-state index is -4.52. The summed E-state index contributed by atoms with van der Waals surface area (Å²) in [4.78, 5) is 37.7. The molecular weight excluding hydrogens is 503 g/mol. The second-order valence-corrected chi connectivity index (χ2v) is 8.83. The van der Waals surface area contributed by atoms with Gasteiger partial charge in [0.2, 0.25) is 17.7 Å². The van der Waals surface area contributed by atoms with Crippen molar-refractivity contribution in [1.82, 2.24) is 21.3 Å². The molecule has 6 N–H and O–H groups in total. The maximum Gasteiger partial charge on any atom is 0.416 e. The number of nitrogens with one attached hydrogen (secondary N) is 4. The maximum absolute atomic E-state index is 13.2. The Balaban J connectivity index is 1.77. The third-order valence-corrected chi connectivity index (χ3v) is 5.97. The summed E-state index contributed by atoms with van der Waals surface area (Å²) < 4.78 is 45.4. The number of rotatable bonds is 3. The van der Waals surface area contributed by atoms with Crippen LogP contribution < -0.4 is 31.7 Å². The number of halogens is 3. The van der Waals surface area contributed by atoms with Gasteiger partial charge in [0.15, 0.2) is 0 Å². The standard InChI is InChI=1S/C26H32F3N5O4/c27-26(28,29)19-8-3-5-17(13-19)14-20-24(36)33-16-23(35)34-21(15-30)25(37)32-10-4-7-18-6-1-2-9-22(18)38-12-11-31-20/h1-3,5-6,8-9,13,20-21,31H,4,7,10-12,14-16,30H2,(H,32,37)(H,33,36)(H,34,35)/t20-,21?/m1/s1. The number of ether oxygens (including phenoxy) is 1. The van der Waals surface area contributed by atoms with Gasteiger partial charge in [-0.15, -0.1) is 0 Å². The summed E-state index contributed by atoms with van der Waals surface area (Å²) >= 11 is 0. The minimum absolute atomic E-state index is 0.0538. The van der Waals surface area contributed by atoms with Crippen molar-refractivity contribution in [2.45, 2.75) is 37.5 Å². The lowest BCUT2D eigenvalue weighted by Crippen LogP contribution is -2.54. The molecule has 9 nitrogen and oxygen atoms in total. The number of carbonyl (C=O) groups excluding carboxylic acids is 3. The number of benzene rings is 2. The molecule has 0 fully saturated rings. The van der Waals surface area contributed by atoms with E-state index in [1.807, 2.05) is 24.3 Å². The number of alkyl halides is 3. The molecular formula is C26H32F3N5O4. The molecule has 0 aromatic heterocycles. The molecule has 3 amide bonds. The summed E-state index contributed by atoms with van der Waals surface area (Å²) in [5, 5.41) is 10.7. The van der Waals surface area contributed by atoms with Crippen molar-refractivity contribution < 1.29 is 32.3 Å². The van der Waals surface area contributed by atoms with E-state index in [2.05, 4.69) is 21.3 Å². The molecule has 38 heavy (non-hydrogen) atoms. The highest BCUT2D eigenvalue weighted by Gasteiger charge is 2.31. The average molecular weight is 536 g/mol. The van der Waals surface area contributed by atoms with Crippen molar-refractivity contribution in [2.24, 2.45) is 5.73 Å². The van der Waals surface area contributed by atoms with Crippen LogP contribution in [0.15, 0.2) is 48.5 Å². The fourth-order valence-corrected chi connectivity index (χ4v) is 3.99. The third kappa shape index (κ3) is 8.73. The number of para-hydroxylation sites is 1. The van der Waals surface area contributed by atoms with Crippen LogP contribution in [0.1, 0.15) is 23.1 Å². The van der Waals surface area contributed by atoms with Crippen LogP contribution in [0.4, 0.5) is 13.2 Å². The molecule has 0 saturated heterocycles. The number of fused-ring (bicyclic) bond motifs is 1. The number of carbonyl (C=O) groups is 3. The van der Waals surface area contributed by atoms with Gasteiger partial charge in [-0.3, -0.25) is 14.4 Å². The van der Waals surface area contributed by atoms with Crippen LogP contribution in [0.25, 0.3) is 0 Å². The first-order valence-electron chi connectivity index (χ1n) is 12.3. The molecule has 0 radical (unpaired) electrons. The molecule has 0 saturated carbocycles. The first-order valence-corrected chi connectivity index (χ1v) is 12.3. The van der Waals surface area contributed by atoms with Gasteiger partial charge in [0.25, 0.3) is 0 Å². The molecule has 3 rings (SSSR count). The number of hydrogen-bond acceptors (Lipinski definition) is 6. The second-order valence-electron chi connectivity index (χ2n) is 8.83.